The number of rotatable bonds is 6. The fraction of sp³-hybridized carbons (Fsp3) is 0.333. The largest absolute Gasteiger partial charge is 0.489 e. The summed E-state index contributed by atoms with van der Waals surface area (Å²) in [6, 6.07) is 18.1. The first-order valence-electron chi connectivity index (χ1n) is 10.3. The molecule has 0 atom stereocenters. The summed E-state index contributed by atoms with van der Waals surface area (Å²) >= 11 is 0. The van der Waals surface area contributed by atoms with Crippen molar-refractivity contribution in [3.8, 4) is 5.75 Å². The summed E-state index contributed by atoms with van der Waals surface area (Å²) < 4.78 is 11.1. The van der Waals surface area contributed by atoms with Gasteiger partial charge in [-0.3, -0.25) is 9.69 Å². The van der Waals surface area contributed by atoms with Crippen LogP contribution in [-0.2, 0) is 13.2 Å². The molecule has 1 aliphatic heterocycles. The van der Waals surface area contributed by atoms with Crippen molar-refractivity contribution in [1.29, 1.82) is 0 Å². The highest BCUT2D eigenvalue weighted by Gasteiger charge is 2.28. The van der Waals surface area contributed by atoms with E-state index in [2.05, 4.69) is 41.2 Å². The van der Waals surface area contributed by atoms with Gasteiger partial charge in [0.25, 0.3) is 5.91 Å². The van der Waals surface area contributed by atoms with Crippen molar-refractivity contribution in [2.24, 2.45) is 0 Å². The first-order chi connectivity index (χ1) is 14.6. The zero-order valence-electron chi connectivity index (χ0n) is 17.5. The normalized spacial score (nSPS) is 14.7. The van der Waals surface area contributed by atoms with Crippen molar-refractivity contribution in [1.82, 2.24) is 15.0 Å². The summed E-state index contributed by atoms with van der Waals surface area (Å²) in [6.45, 7) is 8.12. The second kappa shape index (κ2) is 9.13. The number of amides is 1. The topological polar surface area (TPSA) is 58.8 Å². The highest BCUT2D eigenvalue weighted by atomic mass is 16.5. The summed E-state index contributed by atoms with van der Waals surface area (Å²) in [5.74, 6) is 1.28. The molecule has 1 aromatic heterocycles. The molecule has 3 aromatic rings. The van der Waals surface area contributed by atoms with Gasteiger partial charge in [0.15, 0.2) is 5.69 Å². The molecule has 4 rings (SSSR count). The van der Waals surface area contributed by atoms with Gasteiger partial charge in [-0.1, -0.05) is 53.2 Å². The molecule has 30 heavy (non-hydrogen) atoms. The number of hydrogen-bond acceptors (Lipinski definition) is 5. The summed E-state index contributed by atoms with van der Waals surface area (Å²) in [7, 11) is 0. The predicted octanol–water partition coefficient (Wildman–Crippen LogP) is 3.83. The van der Waals surface area contributed by atoms with Crippen LogP contribution in [-0.4, -0.2) is 47.0 Å². The molecule has 0 aliphatic carbocycles. The summed E-state index contributed by atoms with van der Waals surface area (Å²) in [4.78, 5) is 17.3. The molecule has 156 valence electrons. The molecular weight excluding hydrogens is 378 g/mol. The van der Waals surface area contributed by atoms with Crippen molar-refractivity contribution >= 4 is 5.91 Å². The maximum atomic E-state index is 13.1. The lowest BCUT2D eigenvalue weighted by Gasteiger charge is -2.34. The molecule has 6 heteroatoms. The molecule has 1 fully saturated rings. The van der Waals surface area contributed by atoms with E-state index in [4.69, 9.17) is 9.26 Å². The van der Waals surface area contributed by atoms with Gasteiger partial charge in [-0.25, -0.2) is 0 Å². The highest BCUT2D eigenvalue weighted by molar-refractivity contribution is 5.93. The van der Waals surface area contributed by atoms with Gasteiger partial charge in [0.2, 0.25) is 0 Å². The Morgan fingerprint density at radius 1 is 1.03 bits per heavy atom. The predicted molar refractivity (Wildman–Crippen MR) is 114 cm³/mol. The summed E-state index contributed by atoms with van der Waals surface area (Å²) in [6.07, 6.45) is 0. The maximum absolute atomic E-state index is 13.1. The van der Waals surface area contributed by atoms with Crippen molar-refractivity contribution in [3.05, 3.63) is 82.7 Å². The van der Waals surface area contributed by atoms with Crippen molar-refractivity contribution < 1.29 is 14.1 Å². The second-order valence-corrected chi connectivity index (χ2v) is 7.73. The molecule has 1 saturated heterocycles. The van der Waals surface area contributed by atoms with Crippen LogP contribution >= 0.6 is 0 Å². The van der Waals surface area contributed by atoms with Crippen LogP contribution in [0.5, 0.6) is 5.75 Å². The lowest BCUT2D eigenvalue weighted by Crippen LogP contribution is -2.48. The van der Waals surface area contributed by atoms with Gasteiger partial charge >= 0.3 is 0 Å². The van der Waals surface area contributed by atoms with E-state index in [1.54, 1.807) is 0 Å². The fourth-order valence-corrected chi connectivity index (χ4v) is 3.73. The van der Waals surface area contributed by atoms with Gasteiger partial charge in [-0.05, 0) is 31.5 Å². The van der Waals surface area contributed by atoms with Crippen LogP contribution < -0.4 is 4.74 Å². The average Bonchev–Trinajstić information content (AvgIpc) is 3.13. The fourth-order valence-electron chi connectivity index (χ4n) is 3.73. The Kier molecular flexibility index (Phi) is 6.14. The molecule has 6 nitrogen and oxygen atoms in total. The Morgan fingerprint density at radius 2 is 1.80 bits per heavy atom. The number of ether oxygens (including phenoxy) is 1. The summed E-state index contributed by atoms with van der Waals surface area (Å²) in [5.41, 5.74) is 3.65. The quantitative estimate of drug-likeness (QED) is 0.624. The van der Waals surface area contributed by atoms with Crippen LogP contribution in [0.3, 0.4) is 0 Å². The van der Waals surface area contributed by atoms with Gasteiger partial charge in [-0.15, -0.1) is 0 Å². The molecule has 1 amide bonds. The van der Waals surface area contributed by atoms with Crippen LogP contribution in [0.2, 0.25) is 0 Å². The van der Waals surface area contributed by atoms with Gasteiger partial charge in [0, 0.05) is 32.7 Å². The van der Waals surface area contributed by atoms with Gasteiger partial charge in [0.1, 0.15) is 18.1 Å². The Morgan fingerprint density at radius 3 is 2.53 bits per heavy atom. The monoisotopic (exact) mass is 405 g/mol. The van der Waals surface area contributed by atoms with Gasteiger partial charge < -0.3 is 14.2 Å². The summed E-state index contributed by atoms with van der Waals surface area (Å²) in [5, 5.41) is 4.04. The third-order valence-electron chi connectivity index (χ3n) is 5.46. The van der Waals surface area contributed by atoms with Gasteiger partial charge in [-0.2, -0.15) is 0 Å². The van der Waals surface area contributed by atoms with E-state index in [0.717, 1.165) is 25.4 Å². The number of carbonyl (C=O) groups is 1. The number of hydrogen-bond donors (Lipinski definition) is 0. The lowest BCUT2D eigenvalue weighted by molar-refractivity contribution is 0.0616. The van der Waals surface area contributed by atoms with E-state index in [9.17, 15) is 4.79 Å². The van der Waals surface area contributed by atoms with Crippen molar-refractivity contribution in [2.45, 2.75) is 27.0 Å². The van der Waals surface area contributed by atoms with Crippen LogP contribution in [0.4, 0.5) is 0 Å². The van der Waals surface area contributed by atoms with Crippen molar-refractivity contribution in [3.63, 3.8) is 0 Å². The minimum Gasteiger partial charge on any atom is -0.489 e. The first kappa shape index (κ1) is 20.2. The Balaban J connectivity index is 1.36. The minimum absolute atomic E-state index is 0.0892. The number of aromatic nitrogens is 1. The third-order valence-corrected chi connectivity index (χ3v) is 5.46. The molecule has 0 N–H and O–H groups in total. The van der Waals surface area contributed by atoms with E-state index in [-0.39, 0.29) is 12.5 Å². The number of nitrogens with zero attached hydrogens (tertiary/aromatic N) is 3. The van der Waals surface area contributed by atoms with Crippen molar-refractivity contribution in [2.75, 3.05) is 26.2 Å². The highest BCUT2D eigenvalue weighted by Crippen LogP contribution is 2.20. The van der Waals surface area contributed by atoms with E-state index >= 15 is 0 Å². The van der Waals surface area contributed by atoms with Gasteiger partial charge in [0.05, 0.1) is 5.56 Å². The molecule has 0 spiro atoms. The zero-order chi connectivity index (χ0) is 20.9. The molecule has 0 unspecified atom stereocenters. The maximum Gasteiger partial charge on any atom is 0.276 e. The lowest BCUT2D eigenvalue weighted by atomic mass is 10.1. The third kappa shape index (κ3) is 4.71. The molecule has 1 aliphatic rings. The first-order valence-corrected chi connectivity index (χ1v) is 10.3. The van der Waals surface area contributed by atoms with E-state index in [0.29, 0.717) is 30.1 Å². The average molecular weight is 405 g/mol. The standard InChI is InChI=1S/C24H27N3O3/c1-18-7-6-8-20(15-18)16-26-11-13-27(14-12-26)24(28)23-22(19(2)30-25-23)17-29-21-9-4-3-5-10-21/h3-10,15H,11-14,16-17H2,1-2H3. The van der Waals surface area contributed by atoms with E-state index in [1.807, 2.05) is 42.2 Å². The molecular formula is C24H27N3O3. The smallest absolute Gasteiger partial charge is 0.276 e. The van der Waals surface area contributed by atoms with Crippen LogP contribution in [0.1, 0.15) is 32.9 Å². The number of carbonyl (C=O) groups excluding carboxylic acids is 1. The van der Waals surface area contributed by atoms with E-state index in [1.165, 1.54) is 11.1 Å². The van der Waals surface area contributed by atoms with E-state index < -0.39 is 0 Å². The minimum atomic E-state index is -0.0892. The van der Waals surface area contributed by atoms with Crippen LogP contribution in [0.25, 0.3) is 0 Å². The molecule has 0 bridgehead atoms. The Hall–Kier alpha value is -3.12. The number of aryl methyl sites for hydroxylation is 2. The second-order valence-electron chi connectivity index (χ2n) is 7.73. The molecule has 2 aromatic carbocycles. The number of piperazine rings is 1. The Bertz CT molecular complexity index is 992. The van der Waals surface area contributed by atoms with Crippen LogP contribution in [0.15, 0.2) is 59.1 Å². The van der Waals surface area contributed by atoms with Crippen LogP contribution in [0, 0.1) is 13.8 Å². The number of para-hydroxylation sites is 1. The zero-order valence-corrected chi connectivity index (χ0v) is 17.5. The SMILES string of the molecule is Cc1cccc(CN2CCN(C(=O)c3noc(C)c3COc3ccccc3)CC2)c1. The Labute approximate surface area is 177 Å². The molecule has 2 heterocycles. The number of benzene rings is 2. The molecule has 0 radical (unpaired) electrons. The molecule has 0 saturated carbocycles.